The highest BCUT2D eigenvalue weighted by atomic mass is 16.5. The molecule has 8 heteroatoms. The van der Waals surface area contributed by atoms with E-state index in [-0.39, 0.29) is 5.91 Å². The first kappa shape index (κ1) is 19.1. The Labute approximate surface area is 173 Å². The summed E-state index contributed by atoms with van der Waals surface area (Å²) < 4.78 is 7.03. The highest BCUT2D eigenvalue weighted by Crippen LogP contribution is 2.19. The van der Waals surface area contributed by atoms with E-state index in [9.17, 15) is 4.79 Å². The third-order valence-electron chi connectivity index (χ3n) is 4.23. The molecule has 4 rings (SSSR count). The first-order valence-corrected chi connectivity index (χ1v) is 9.46. The molecular formula is C22H20N6O2. The van der Waals surface area contributed by atoms with Crippen molar-refractivity contribution in [3.8, 4) is 11.6 Å². The maximum Gasteiger partial charge on any atom is 0.255 e. The molecule has 0 bridgehead atoms. The van der Waals surface area contributed by atoms with Gasteiger partial charge in [0.2, 0.25) is 0 Å². The Balaban J connectivity index is 1.36. The maximum absolute atomic E-state index is 12.4. The summed E-state index contributed by atoms with van der Waals surface area (Å²) in [4.78, 5) is 12.4. The second-order valence-electron chi connectivity index (χ2n) is 6.34. The summed E-state index contributed by atoms with van der Waals surface area (Å²) in [6, 6.07) is 19.9. The number of rotatable bonds is 7. The lowest BCUT2D eigenvalue weighted by Gasteiger charge is -2.09. The van der Waals surface area contributed by atoms with Gasteiger partial charge in [-0.3, -0.25) is 4.79 Å². The lowest BCUT2D eigenvalue weighted by Crippen LogP contribution is -2.11. The quantitative estimate of drug-likeness (QED) is 0.486. The van der Waals surface area contributed by atoms with Crippen molar-refractivity contribution in [3.05, 3.63) is 84.7 Å². The summed E-state index contributed by atoms with van der Waals surface area (Å²) in [5.41, 5.74) is 2.09. The van der Waals surface area contributed by atoms with E-state index in [4.69, 9.17) is 4.74 Å². The van der Waals surface area contributed by atoms with Gasteiger partial charge in [-0.25, -0.2) is 4.68 Å². The summed E-state index contributed by atoms with van der Waals surface area (Å²) in [6.07, 6.45) is 3.49. The van der Waals surface area contributed by atoms with Gasteiger partial charge >= 0.3 is 0 Å². The molecule has 0 spiro atoms. The van der Waals surface area contributed by atoms with E-state index < -0.39 is 0 Å². The zero-order valence-electron chi connectivity index (χ0n) is 16.3. The number of carbonyl (C=O) groups excluding carboxylic acids is 1. The van der Waals surface area contributed by atoms with Gasteiger partial charge in [0, 0.05) is 29.3 Å². The molecule has 0 radical (unpaired) electrons. The Morgan fingerprint density at radius 3 is 2.37 bits per heavy atom. The molecule has 0 aliphatic heterocycles. The predicted molar refractivity (Wildman–Crippen MR) is 114 cm³/mol. The van der Waals surface area contributed by atoms with Crippen LogP contribution < -0.4 is 15.4 Å². The standard InChI is InChI=1S/C22H20N6O2/c1-2-30-19-10-4-16(5-11-19)22(29)25-18-8-6-17(7-9-18)24-20-12-13-21(27-26-20)28-15-3-14-23-28/h3-15H,2H2,1H3,(H,24,26)(H,25,29). The normalized spacial score (nSPS) is 10.4. The molecule has 2 heterocycles. The third-order valence-corrected chi connectivity index (χ3v) is 4.23. The van der Waals surface area contributed by atoms with Gasteiger partial charge < -0.3 is 15.4 Å². The lowest BCUT2D eigenvalue weighted by molar-refractivity contribution is 0.102. The second-order valence-corrected chi connectivity index (χ2v) is 6.34. The van der Waals surface area contributed by atoms with E-state index in [2.05, 4.69) is 25.9 Å². The van der Waals surface area contributed by atoms with Crippen molar-refractivity contribution >= 4 is 23.1 Å². The Hall–Kier alpha value is -4.20. The van der Waals surface area contributed by atoms with Gasteiger partial charge in [0.1, 0.15) is 5.75 Å². The van der Waals surface area contributed by atoms with Gasteiger partial charge in [-0.2, -0.15) is 5.10 Å². The highest BCUT2D eigenvalue weighted by molar-refractivity contribution is 6.04. The largest absolute Gasteiger partial charge is 0.494 e. The fourth-order valence-electron chi connectivity index (χ4n) is 2.78. The van der Waals surface area contributed by atoms with Crippen LogP contribution in [0, 0.1) is 0 Å². The number of aromatic nitrogens is 4. The molecule has 0 aliphatic rings. The molecular weight excluding hydrogens is 380 g/mol. The van der Waals surface area contributed by atoms with Crippen LogP contribution in [0.1, 0.15) is 17.3 Å². The van der Waals surface area contributed by atoms with Gasteiger partial charge in [0.05, 0.1) is 6.61 Å². The Morgan fingerprint density at radius 1 is 0.967 bits per heavy atom. The number of anilines is 3. The van der Waals surface area contributed by atoms with Crippen LogP contribution in [0.25, 0.3) is 5.82 Å². The first-order chi connectivity index (χ1) is 14.7. The number of benzene rings is 2. The van der Waals surface area contributed by atoms with Crippen LogP contribution in [0.2, 0.25) is 0 Å². The minimum atomic E-state index is -0.182. The zero-order chi connectivity index (χ0) is 20.8. The van der Waals surface area contributed by atoms with Crippen molar-refractivity contribution in [2.45, 2.75) is 6.92 Å². The molecule has 4 aromatic rings. The molecule has 0 aliphatic carbocycles. The smallest absolute Gasteiger partial charge is 0.255 e. The Bertz CT molecular complexity index is 1090. The zero-order valence-corrected chi connectivity index (χ0v) is 16.3. The van der Waals surface area contributed by atoms with Crippen molar-refractivity contribution in [1.29, 1.82) is 0 Å². The van der Waals surface area contributed by atoms with Crippen LogP contribution in [0.15, 0.2) is 79.1 Å². The molecule has 0 saturated carbocycles. The van der Waals surface area contributed by atoms with Crippen LogP contribution in [0.3, 0.4) is 0 Å². The number of hydrogen-bond donors (Lipinski definition) is 2. The van der Waals surface area contributed by atoms with Crippen molar-refractivity contribution in [2.24, 2.45) is 0 Å². The SMILES string of the molecule is CCOc1ccc(C(=O)Nc2ccc(Nc3ccc(-n4cccn4)nn3)cc2)cc1. The summed E-state index contributed by atoms with van der Waals surface area (Å²) in [5.74, 6) is 1.80. The second kappa shape index (κ2) is 8.87. The van der Waals surface area contributed by atoms with Crippen LogP contribution in [0.5, 0.6) is 5.75 Å². The minimum absolute atomic E-state index is 0.182. The fraction of sp³-hybridized carbons (Fsp3) is 0.0909. The number of amides is 1. The number of nitrogens with zero attached hydrogens (tertiary/aromatic N) is 4. The number of carbonyl (C=O) groups is 1. The van der Waals surface area contributed by atoms with Crippen molar-refractivity contribution in [3.63, 3.8) is 0 Å². The molecule has 150 valence electrons. The summed E-state index contributed by atoms with van der Waals surface area (Å²) in [6.45, 7) is 2.51. The Morgan fingerprint density at radius 2 is 1.73 bits per heavy atom. The molecule has 1 amide bonds. The number of hydrogen-bond acceptors (Lipinski definition) is 6. The number of ether oxygens (including phenoxy) is 1. The molecule has 2 N–H and O–H groups in total. The van der Waals surface area contributed by atoms with Crippen LogP contribution in [-0.2, 0) is 0 Å². The number of nitrogens with one attached hydrogen (secondary N) is 2. The summed E-state index contributed by atoms with van der Waals surface area (Å²) >= 11 is 0. The van der Waals surface area contributed by atoms with Crippen molar-refractivity contribution in [1.82, 2.24) is 20.0 Å². The first-order valence-electron chi connectivity index (χ1n) is 9.46. The van der Waals surface area contributed by atoms with E-state index >= 15 is 0 Å². The highest BCUT2D eigenvalue weighted by Gasteiger charge is 2.07. The molecule has 0 saturated heterocycles. The van der Waals surface area contributed by atoms with Gasteiger partial charge in [0.15, 0.2) is 11.6 Å². The molecule has 2 aromatic heterocycles. The average Bonchev–Trinajstić information content (AvgIpc) is 3.31. The van der Waals surface area contributed by atoms with Crippen molar-refractivity contribution in [2.75, 3.05) is 17.2 Å². The van der Waals surface area contributed by atoms with Crippen LogP contribution in [-0.4, -0.2) is 32.5 Å². The monoisotopic (exact) mass is 400 g/mol. The van der Waals surface area contributed by atoms with Gasteiger partial charge in [-0.05, 0) is 73.7 Å². The van der Waals surface area contributed by atoms with Gasteiger partial charge in [-0.1, -0.05) is 0 Å². The van der Waals surface area contributed by atoms with E-state index in [0.29, 0.717) is 29.5 Å². The third kappa shape index (κ3) is 4.61. The molecule has 0 unspecified atom stereocenters. The molecule has 8 nitrogen and oxygen atoms in total. The molecule has 0 atom stereocenters. The fourth-order valence-corrected chi connectivity index (χ4v) is 2.78. The molecule has 2 aromatic carbocycles. The van der Waals surface area contributed by atoms with E-state index in [0.717, 1.165) is 11.4 Å². The van der Waals surface area contributed by atoms with E-state index in [1.807, 2.05) is 49.4 Å². The van der Waals surface area contributed by atoms with E-state index in [1.165, 1.54) is 0 Å². The maximum atomic E-state index is 12.4. The van der Waals surface area contributed by atoms with Crippen molar-refractivity contribution < 1.29 is 9.53 Å². The molecule has 30 heavy (non-hydrogen) atoms. The Kier molecular flexibility index (Phi) is 5.66. The summed E-state index contributed by atoms with van der Waals surface area (Å²) in [7, 11) is 0. The van der Waals surface area contributed by atoms with Gasteiger partial charge in [0.25, 0.3) is 5.91 Å². The predicted octanol–water partition coefficient (Wildman–Crippen LogP) is 4.06. The lowest BCUT2D eigenvalue weighted by atomic mass is 10.2. The van der Waals surface area contributed by atoms with Crippen LogP contribution >= 0.6 is 0 Å². The topological polar surface area (TPSA) is 94.0 Å². The molecule has 0 fully saturated rings. The van der Waals surface area contributed by atoms with E-state index in [1.54, 1.807) is 41.3 Å². The average molecular weight is 400 g/mol. The summed E-state index contributed by atoms with van der Waals surface area (Å²) in [5, 5.41) is 18.5. The van der Waals surface area contributed by atoms with Gasteiger partial charge in [-0.15, -0.1) is 10.2 Å². The minimum Gasteiger partial charge on any atom is -0.494 e. The van der Waals surface area contributed by atoms with Crippen LogP contribution in [0.4, 0.5) is 17.2 Å².